The molecule has 0 aliphatic heterocycles. The lowest BCUT2D eigenvalue weighted by Crippen LogP contribution is -2.55. The third-order valence-electron chi connectivity index (χ3n) is 13.9. The number of nitrogens with zero attached hydrogens (tertiary/aromatic N) is 1. The highest BCUT2D eigenvalue weighted by molar-refractivity contribution is 7.25. The second kappa shape index (κ2) is 11.8. The van der Waals surface area contributed by atoms with E-state index in [0.29, 0.717) is 0 Å². The van der Waals surface area contributed by atoms with Gasteiger partial charge in [0.2, 0.25) is 0 Å². The molecule has 0 radical (unpaired) electrons. The van der Waals surface area contributed by atoms with E-state index in [4.69, 9.17) is 0 Å². The maximum Gasteiger partial charge on any atom is 0.0476 e. The second-order valence-electron chi connectivity index (χ2n) is 16.6. The summed E-state index contributed by atoms with van der Waals surface area (Å²) in [7, 11) is 0. The summed E-state index contributed by atoms with van der Waals surface area (Å²) in [5, 5.41) is 2.68. The topological polar surface area (TPSA) is 3.24 Å². The van der Waals surface area contributed by atoms with Crippen LogP contribution in [0.5, 0.6) is 0 Å². The number of hydrogen-bond acceptors (Lipinski definition) is 2. The lowest BCUT2D eigenvalue weighted by Gasteiger charge is -2.61. The molecule has 2 heteroatoms. The summed E-state index contributed by atoms with van der Waals surface area (Å²) < 4.78 is 2.68. The molecule has 4 saturated carbocycles. The Hall–Kier alpha value is -5.44. The summed E-state index contributed by atoms with van der Waals surface area (Å²) in [5.74, 6) is 3.33. The molecule has 8 aromatic rings. The van der Waals surface area contributed by atoms with Crippen LogP contribution in [0.25, 0.3) is 53.6 Å². The van der Waals surface area contributed by atoms with Gasteiger partial charge >= 0.3 is 0 Å². The van der Waals surface area contributed by atoms with Crippen LogP contribution in [0.15, 0.2) is 164 Å². The Bertz CT molecular complexity index is 2690. The maximum atomic E-state index is 2.63. The SMILES string of the molecule is c1ccc(-c2ccc(-c3ccc(N(c4ccc5c(c4)C4(c6ccccc6-5)C5CC6CC(C5)CC4C6)c4ccc5c(c4)sc4ccccc45)cc3)cc2)cc1. The van der Waals surface area contributed by atoms with Crippen molar-refractivity contribution in [3.8, 4) is 33.4 Å². The summed E-state index contributed by atoms with van der Waals surface area (Å²) in [4.78, 5) is 2.53. The molecular formula is C52H41NS. The molecule has 4 bridgehead atoms. The lowest BCUT2D eigenvalue weighted by molar-refractivity contribution is -0.0399. The van der Waals surface area contributed by atoms with Gasteiger partial charge in [0.15, 0.2) is 0 Å². The first-order valence-corrected chi connectivity index (χ1v) is 20.7. The van der Waals surface area contributed by atoms with Crippen molar-refractivity contribution in [2.24, 2.45) is 23.7 Å². The van der Waals surface area contributed by atoms with Crippen LogP contribution in [-0.2, 0) is 5.41 Å². The molecule has 0 atom stereocenters. The molecular weight excluding hydrogens is 671 g/mol. The fraction of sp³-hybridized carbons (Fsp3) is 0.192. The average Bonchev–Trinajstić information content (AvgIpc) is 3.74. The Balaban J connectivity index is 1.000. The summed E-state index contributed by atoms with van der Waals surface area (Å²) in [6, 6.07) is 61.8. The van der Waals surface area contributed by atoms with Crippen molar-refractivity contribution in [3.63, 3.8) is 0 Å². The summed E-state index contributed by atoms with van der Waals surface area (Å²) in [6.45, 7) is 0. The molecule has 13 rings (SSSR count). The van der Waals surface area contributed by atoms with Crippen molar-refractivity contribution >= 4 is 48.6 Å². The summed E-state index contributed by atoms with van der Waals surface area (Å²) in [5.41, 5.74) is 14.9. The van der Waals surface area contributed by atoms with Crippen LogP contribution in [0, 0.1) is 23.7 Å². The number of thiophene rings is 1. The van der Waals surface area contributed by atoms with Crippen LogP contribution >= 0.6 is 11.3 Å². The molecule has 4 fully saturated rings. The van der Waals surface area contributed by atoms with Gasteiger partial charge in [0.1, 0.15) is 0 Å². The van der Waals surface area contributed by atoms with Gasteiger partial charge < -0.3 is 4.90 Å². The fourth-order valence-electron chi connectivity index (χ4n) is 11.9. The molecule has 1 nitrogen and oxygen atoms in total. The van der Waals surface area contributed by atoms with E-state index in [2.05, 4.69) is 169 Å². The van der Waals surface area contributed by atoms with Gasteiger partial charge in [-0.25, -0.2) is 0 Å². The molecule has 0 unspecified atom stereocenters. The zero-order chi connectivity index (χ0) is 35.4. The third kappa shape index (κ3) is 4.50. The van der Waals surface area contributed by atoms with Gasteiger partial charge in [-0.1, -0.05) is 121 Å². The molecule has 0 N–H and O–H groups in total. The molecule has 1 heterocycles. The maximum absolute atomic E-state index is 2.63. The van der Waals surface area contributed by atoms with Gasteiger partial charge in [0, 0.05) is 42.6 Å². The summed E-state index contributed by atoms with van der Waals surface area (Å²) in [6.07, 6.45) is 7.05. The lowest BCUT2D eigenvalue weighted by atomic mass is 9.43. The first-order chi connectivity index (χ1) is 26.7. The van der Waals surface area contributed by atoms with E-state index >= 15 is 0 Å². The van der Waals surface area contributed by atoms with Crippen LogP contribution in [0.1, 0.15) is 43.2 Å². The molecule has 5 aliphatic rings. The molecule has 0 amide bonds. The predicted octanol–water partition coefficient (Wildman–Crippen LogP) is 14.6. The van der Waals surface area contributed by atoms with Gasteiger partial charge in [-0.3, -0.25) is 0 Å². The number of rotatable bonds is 5. The second-order valence-corrected chi connectivity index (χ2v) is 17.6. The molecule has 1 spiro atoms. The highest BCUT2D eigenvalue weighted by Gasteiger charge is 2.61. The van der Waals surface area contributed by atoms with E-state index in [-0.39, 0.29) is 5.41 Å². The minimum atomic E-state index is 0.131. The molecule has 54 heavy (non-hydrogen) atoms. The minimum Gasteiger partial charge on any atom is -0.310 e. The molecule has 1 aromatic heterocycles. The van der Waals surface area contributed by atoms with Gasteiger partial charge in [0.25, 0.3) is 0 Å². The van der Waals surface area contributed by atoms with E-state index in [1.54, 1.807) is 11.1 Å². The highest BCUT2D eigenvalue weighted by Crippen LogP contribution is 2.69. The largest absolute Gasteiger partial charge is 0.310 e. The Morgan fingerprint density at radius 2 is 0.944 bits per heavy atom. The highest BCUT2D eigenvalue weighted by atomic mass is 32.1. The number of fused-ring (bicyclic) bond motifs is 6. The molecule has 260 valence electrons. The Morgan fingerprint density at radius 1 is 0.407 bits per heavy atom. The van der Waals surface area contributed by atoms with E-state index in [1.165, 1.54) is 103 Å². The first-order valence-electron chi connectivity index (χ1n) is 19.9. The van der Waals surface area contributed by atoms with E-state index in [0.717, 1.165) is 23.7 Å². The molecule has 7 aromatic carbocycles. The minimum absolute atomic E-state index is 0.131. The van der Waals surface area contributed by atoms with Crippen LogP contribution in [0.3, 0.4) is 0 Å². The quantitative estimate of drug-likeness (QED) is 0.172. The Morgan fingerprint density at radius 3 is 1.69 bits per heavy atom. The first kappa shape index (κ1) is 31.0. The predicted molar refractivity (Wildman–Crippen MR) is 228 cm³/mol. The van der Waals surface area contributed by atoms with Crippen molar-refractivity contribution in [3.05, 3.63) is 175 Å². The van der Waals surface area contributed by atoms with Crippen LogP contribution in [0.4, 0.5) is 17.1 Å². The fourth-order valence-corrected chi connectivity index (χ4v) is 13.0. The van der Waals surface area contributed by atoms with Gasteiger partial charge in [-0.15, -0.1) is 11.3 Å². The zero-order valence-corrected chi connectivity index (χ0v) is 31.1. The van der Waals surface area contributed by atoms with Crippen molar-refractivity contribution in [1.82, 2.24) is 0 Å². The normalized spacial score (nSPS) is 23.3. The van der Waals surface area contributed by atoms with Crippen LogP contribution in [0.2, 0.25) is 0 Å². The summed E-state index contributed by atoms with van der Waals surface area (Å²) >= 11 is 1.90. The monoisotopic (exact) mass is 711 g/mol. The van der Waals surface area contributed by atoms with E-state index < -0.39 is 0 Å². The van der Waals surface area contributed by atoms with Gasteiger partial charge in [-0.2, -0.15) is 0 Å². The van der Waals surface area contributed by atoms with Gasteiger partial charge in [0.05, 0.1) is 0 Å². The number of benzene rings is 7. The number of anilines is 3. The van der Waals surface area contributed by atoms with Crippen molar-refractivity contribution in [2.75, 3.05) is 4.90 Å². The Kier molecular flexibility index (Phi) is 6.75. The van der Waals surface area contributed by atoms with Crippen molar-refractivity contribution < 1.29 is 0 Å². The van der Waals surface area contributed by atoms with Crippen molar-refractivity contribution in [2.45, 2.75) is 37.5 Å². The zero-order valence-electron chi connectivity index (χ0n) is 30.3. The Labute approximate surface area is 321 Å². The standard InChI is InChI=1S/C52H41NS/c1-2-8-35(9-3-1)36-14-16-37(17-15-36)38-18-20-41(21-19-38)53(43-23-25-47-46-11-5-7-13-50(46)54-51(47)32-43)42-22-24-45-44-10-4-6-12-48(44)52(49(45)31-42)39-27-33-26-34(29-39)30-40(52)28-33/h1-25,31-34,39-40H,26-30H2. The van der Waals surface area contributed by atoms with E-state index in [1.807, 2.05) is 11.3 Å². The van der Waals surface area contributed by atoms with E-state index in [9.17, 15) is 0 Å². The third-order valence-corrected chi connectivity index (χ3v) is 15.0. The van der Waals surface area contributed by atoms with Gasteiger partial charge in [-0.05, 0) is 143 Å². The van der Waals surface area contributed by atoms with Crippen molar-refractivity contribution in [1.29, 1.82) is 0 Å². The number of hydrogen-bond donors (Lipinski definition) is 0. The van der Waals surface area contributed by atoms with Crippen LogP contribution < -0.4 is 4.90 Å². The molecule has 0 saturated heterocycles. The van der Waals surface area contributed by atoms with Crippen LogP contribution in [-0.4, -0.2) is 0 Å². The molecule has 5 aliphatic carbocycles. The average molecular weight is 712 g/mol. The smallest absolute Gasteiger partial charge is 0.0476 e.